The zero-order valence-electron chi connectivity index (χ0n) is 18.1. The van der Waals surface area contributed by atoms with Crippen molar-refractivity contribution in [3.05, 3.63) is 83.9 Å². The molecule has 0 saturated heterocycles. The Morgan fingerprint density at radius 2 is 1.52 bits per heavy atom. The summed E-state index contributed by atoms with van der Waals surface area (Å²) in [5.41, 5.74) is 2.91. The highest BCUT2D eigenvalue weighted by molar-refractivity contribution is 7.93. The molecule has 0 radical (unpaired) electrons. The highest BCUT2D eigenvalue weighted by Crippen LogP contribution is 2.32. The Balaban J connectivity index is 1.47. The number of carbonyl (C=O) groups is 1. The first-order valence-electron chi connectivity index (χ1n) is 10.5. The molecule has 1 aliphatic heterocycles. The summed E-state index contributed by atoms with van der Waals surface area (Å²) in [6, 6.07) is 19.5. The van der Waals surface area contributed by atoms with Crippen molar-refractivity contribution in [2.45, 2.75) is 29.6 Å². The van der Waals surface area contributed by atoms with Crippen LogP contribution in [-0.4, -0.2) is 35.0 Å². The van der Waals surface area contributed by atoms with Crippen LogP contribution >= 0.6 is 0 Å². The lowest BCUT2D eigenvalue weighted by atomic mass is 10.0. The van der Waals surface area contributed by atoms with Gasteiger partial charge < -0.3 is 5.32 Å². The van der Waals surface area contributed by atoms with Crippen molar-refractivity contribution in [2.75, 3.05) is 21.9 Å². The molecule has 7 nitrogen and oxygen atoms in total. The second-order valence-electron chi connectivity index (χ2n) is 7.95. The molecule has 9 heteroatoms. The fourth-order valence-corrected chi connectivity index (χ4v) is 6.46. The zero-order chi connectivity index (χ0) is 23.6. The van der Waals surface area contributed by atoms with Crippen LogP contribution in [-0.2, 0) is 31.1 Å². The quantitative estimate of drug-likeness (QED) is 0.577. The molecule has 0 aromatic heterocycles. The monoisotopic (exact) mass is 484 g/mol. The normalized spacial score (nSPS) is 13.9. The molecule has 1 N–H and O–H groups in total. The van der Waals surface area contributed by atoms with Gasteiger partial charge in [-0.15, -0.1) is 0 Å². The average Bonchev–Trinajstić information content (AvgIpc) is 2.79. The smallest absolute Gasteiger partial charge is 0.264 e. The van der Waals surface area contributed by atoms with Crippen molar-refractivity contribution in [1.29, 1.82) is 0 Å². The van der Waals surface area contributed by atoms with E-state index in [0.717, 1.165) is 24.0 Å². The third-order valence-electron chi connectivity index (χ3n) is 5.49. The van der Waals surface area contributed by atoms with Gasteiger partial charge in [0.25, 0.3) is 10.0 Å². The van der Waals surface area contributed by atoms with E-state index in [2.05, 4.69) is 5.32 Å². The number of carbonyl (C=O) groups excluding carboxylic acids is 1. The summed E-state index contributed by atoms with van der Waals surface area (Å²) >= 11 is 0. The summed E-state index contributed by atoms with van der Waals surface area (Å²) in [7, 11) is -7.55. The van der Waals surface area contributed by atoms with E-state index in [1.54, 1.807) is 18.2 Å². The van der Waals surface area contributed by atoms with E-state index in [1.807, 2.05) is 25.1 Å². The van der Waals surface area contributed by atoms with Crippen LogP contribution in [0.15, 0.2) is 82.6 Å². The molecule has 0 bridgehead atoms. The first-order valence-corrected chi connectivity index (χ1v) is 13.6. The van der Waals surface area contributed by atoms with Crippen LogP contribution < -0.4 is 9.62 Å². The Morgan fingerprint density at radius 3 is 2.21 bits per heavy atom. The number of aryl methyl sites for hydroxylation is 2. The highest BCUT2D eigenvalue weighted by Gasteiger charge is 2.29. The Morgan fingerprint density at radius 1 is 0.879 bits per heavy atom. The molecular weight excluding hydrogens is 460 g/mol. The first-order chi connectivity index (χ1) is 15.7. The fourth-order valence-electron chi connectivity index (χ4n) is 3.78. The minimum Gasteiger partial charge on any atom is -0.325 e. The molecule has 0 aliphatic carbocycles. The lowest BCUT2D eigenvalue weighted by Gasteiger charge is -2.30. The van der Waals surface area contributed by atoms with Gasteiger partial charge in [0.1, 0.15) is 5.75 Å². The molecule has 1 aliphatic rings. The molecule has 0 fully saturated rings. The molecule has 1 amide bonds. The Hall–Kier alpha value is -3.17. The minimum absolute atomic E-state index is 0.0755. The van der Waals surface area contributed by atoms with Gasteiger partial charge in [-0.1, -0.05) is 35.9 Å². The van der Waals surface area contributed by atoms with E-state index in [4.69, 9.17) is 0 Å². The number of sulfone groups is 1. The van der Waals surface area contributed by atoms with Crippen molar-refractivity contribution >= 4 is 37.1 Å². The molecule has 33 heavy (non-hydrogen) atoms. The van der Waals surface area contributed by atoms with E-state index in [-0.39, 0.29) is 9.79 Å². The number of nitrogens with one attached hydrogen (secondary N) is 1. The van der Waals surface area contributed by atoms with Gasteiger partial charge >= 0.3 is 0 Å². The first kappa shape index (κ1) is 23.0. The van der Waals surface area contributed by atoms with Crippen LogP contribution in [0.2, 0.25) is 0 Å². The van der Waals surface area contributed by atoms with E-state index in [9.17, 15) is 21.6 Å². The summed E-state index contributed by atoms with van der Waals surface area (Å²) in [5.74, 6) is -1.41. The lowest BCUT2D eigenvalue weighted by molar-refractivity contribution is -0.113. The summed E-state index contributed by atoms with van der Waals surface area (Å²) in [6.07, 6.45) is 1.57. The van der Waals surface area contributed by atoms with Crippen LogP contribution in [0.4, 0.5) is 11.4 Å². The topological polar surface area (TPSA) is 101 Å². The van der Waals surface area contributed by atoms with Crippen molar-refractivity contribution < 1.29 is 21.6 Å². The number of para-hydroxylation sites is 1. The number of amides is 1. The Bertz CT molecular complexity index is 1380. The van der Waals surface area contributed by atoms with Crippen LogP contribution in [0.5, 0.6) is 0 Å². The molecule has 3 aromatic rings. The number of benzene rings is 3. The van der Waals surface area contributed by atoms with Crippen molar-refractivity contribution in [3.63, 3.8) is 0 Å². The molecule has 1 heterocycles. The van der Waals surface area contributed by atoms with E-state index in [0.29, 0.717) is 17.9 Å². The minimum atomic E-state index is -3.79. The number of fused-ring (bicyclic) bond motifs is 1. The predicted octanol–water partition coefficient (Wildman–Crippen LogP) is 3.55. The number of rotatable bonds is 6. The molecule has 172 valence electrons. The summed E-state index contributed by atoms with van der Waals surface area (Å²) in [4.78, 5) is 12.5. The molecule has 0 atom stereocenters. The number of hydrogen-bond acceptors (Lipinski definition) is 5. The summed E-state index contributed by atoms with van der Waals surface area (Å²) in [6.45, 7) is 2.24. The number of anilines is 2. The second kappa shape index (κ2) is 8.99. The van der Waals surface area contributed by atoms with Crippen molar-refractivity contribution in [2.24, 2.45) is 0 Å². The maximum atomic E-state index is 13.2. The molecular formula is C24H24N2O5S2. The van der Waals surface area contributed by atoms with Gasteiger partial charge in [-0.25, -0.2) is 16.8 Å². The average molecular weight is 485 g/mol. The zero-order valence-corrected chi connectivity index (χ0v) is 19.7. The van der Waals surface area contributed by atoms with Crippen LogP contribution in [0.25, 0.3) is 0 Å². The van der Waals surface area contributed by atoms with Gasteiger partial charge in [0, 0.05) is 12.2 Å². The highest BCUT2D eigenvalue weighted by atomic mass is 32.2. The maximum Gasteiger partial charge on any atom is 0.264 e. The van der Waals surface area contributed by atoms with Gasteiger partial charge in [0.15, 0.2) is 9.84 Å². The van der Waals surface area contributed by atoms with E-state index >= 15 is 0 Å². The third-order valence-corrected chi connectivity index (χ3v) is 8.95. The summed E-state index contributed by atoms with van der Waals surface area (Å²) < 4.78 is 52.8. The summed E-state index contributed by atoms with van der Waals surface area (Å²) in [5, 5.41) is 2.53. The Kier molecular flexibility index (Phi) is 6.27. The largest absolute Gasteiger partial charge is 0.325 e. The molecule has 0 unspecified atom stereocenters. The SMILES string of the molecule is Cc1ccc(S(=O)(=O)CC(=O)Nc2ccc(S(=O)(=O)N3CCCc4ccccc43)cc2)cc1. The molecule has 4 rings (SSSR count). The van der Waals surface area contributed by atoms with Gasteiger partial charge in [0.05, 0.1) is 15.5 Å². The lowest BCUT2D eigenvalue weighted by Crippen LogP contribution is -2.35. The van der Waals surface area contributed by atoms with Crippen LogP contribution in [0.1, 0.15) is 17.5 Å². The number of sulfonamides is 1. The Labute approximate surface area is 194 Å². The van der Waals surface area contributed by atoms with Crippen molar-refractivity contribution in [1.82, 2.24) is 0 Å². The van der Waals surface area contributed by atoms with E-state index in [1.165, 1.54) is 40.7 Å². The molecule has 0 spiro atoms. The third kappa shape index (κ3) is 4.94. The van der Waals surface area contributed by atoms with Gasteiger partial charge in [-0.05, 0) is 67.8 Å². The van der Waals surface area contributed by atoms with Crippen LogP contribution in [0, 0.1) is 6.92 Å². The van der Waals surface area contributed by atoms with E-state index < -0.39 is 31.5 Å². The fraction of sp³-hybridized carbons (Fsp3) is 0.208. The second-order valence-corrected chi connectivity index (χ2v) is 11.8. The van der Waals surface area contributed by atoms with Gasteiger partial charge in [-0.2, -0.15) is 0 Å². The van der Waals surface area contributed by atoms with Gasteiger partial charge in [-0.3, -0.25) is 9.10 Å². The number of hydrogen-bond donors (Lipinski definition) is 1. The standard InChI is InChI=1S/C24H24N2O5S2/c1-18-8-12-21(13-9-18)32(28,29)17-24(27)25-20-10-14-22(15-11-20)33(30,31)26-16-4-6-19-5-2-3-7-23(19)26/h2-3,5,7-15H,4,6,16-17H2,1H3,(H,25,27). The maximum absolute atomic E-state index is 13.2. The van der Waals surface area contributed by atoms with Gasteiger partial charge in [0.2, 0.25) is 5.91 Å². The number of nitrogens with zero attached hydrogens (tertiary/aromatic N) is 1. The molecule has 3 aromatic carbocycles. The van der Waals surface area contributed by atoms with Crippen LogP contribution in [0.3, 0.4) is 0 Å². The predicted molar refractivity (Wildman–Crippen MR) is 128 cm³/mol. The van der Waals surface area contributed by atoms with Crippen molar-refractivity contribution in [3.8, 4) is 0 Å². The molecule has 0 saturated carbocycles.